The van der Waals surface area contributed by atoms with Gasteiger partial charge in [-0.2, -0.15) is 0 Å². The third-order valence-corrected chi connectivity index (χ3v) is 7.57. The lowest BCUT2D eigenvalue weighted by Crippen LogP contribution is -2.09. The lowest BCUT2D eigenvalue weighted by molar-refractivity contribution is -0.385. The summed E-state index contributed by atoms with van der Waals surface area (Å²) in [5.41, 5.74) is 2.65. The Balaban J connectivity index is 1.68. The van der Waals surface area contributed by atoms with Crippen LogP contribution in [0.3, 0.4) is 0 Å². The number of nitro groups is 1. The Morgan fingerprint density at radius 2 is 1.97 bits per heavy atom. The van der Waals surface area contributed by atoms with Crippen LogP contribution in [-0.2, 0) is 30.4 Å². The molecule has 0 saturated heterocycles. The van der Waals surface area contributed by atoms with E-state index < -0.39 is 22.3 Å². The number of hydrogen-bond acceptors (Lipinski definition) is 8. The Kier molecular flexibility index (Phi) is 5.65. The van der Waals surface area contributed by atoms with Crippen LogP contribution in [0.1, 0.15) is 70.3 Å². The van der Waals surface area contributed by atoms with Crippen molar-refractivity contribution in [2.24, 2.45) is 4.99 Å². The fourth-order valence-electron chi connectivity index (χ4n) is 4.88. The van der Waals surface area contributed by atoms with Crippen LogP contribution < -0.4 is 0 Å². The molecule has 0 aliphatic heterocycles. The summed E-state index contributed by atoms with van der Waals surface area (Å²) >= 11 is 1.45. The van der Waals surface area contributed by atoms with Crippen molar-refractivity contribution in [1.29, 1.82) is 0 Å². The van der Waals surface area contributed by atoms with Gasteiger partial charge in [0.1, 0.15) is 16.3 Å². The maximum atomic E-state index is 12.7. The maximum absolute atomic E-state index is 12.7. The highest BCUT2D eigenvalue weighted by molar-refractivity contribution is 7.16. The Labute approximate surface area is 194 Å². The summed E-state index contributed by atoms with van der Waals surface area (Å²) in [6.07, 6.45) is 8.73. The maximum Gasteiger partial charge on any atom is 0.341 e. The minimum atomic E-state index is -0.623. The molecule has 0 radical (unpaired) electrons. The number of rotatable bonds is 5. The molecule has 1 aromatic carbocycles. The molecule has 0 saturated carbocycles. The molecule has 8 nitrogen and oxygen atoms in total. The van der Waals surface area contributed by atoms with Crippen molar-refractivity contribution >= 4 is 45.2 Å². The monoisotopic (exact) mass is 468 g/mol. The highest BCUT2D eigenvalue weighted by Gasteiger charge is 2.29. The molecule has 2 aliphatic rings. The molecular weight excluding hydrogens is 444 g/mol. The molecular formula is C24H24N2O6S. The van der Waals surface area contributed by atoms with Crippen LogP contribution >= 0.6 is 11.3 Å². The first-order chi connectivity index (χ1) is 16.0. The molecule has 5 rings (SSSR count). The Hall–Kier alpha value is -3.20. The fourth-order valence-corrected chi connectivity index (χ4v) is 6.10. The van der Waals surface area contributed by atoms with E-state index >= 15 is 0 Å². The molecule has 33 heavy (non-hydrogen) atoms. The van der Waals surface area contributed by atoms with Gasteiger partial charge in [-0.05, 0) is 57.4 Å². The molecule has 0 atom stereocenters. The molecule has 1 N–H and O–H groups in total. The first-order valence-corrected chi connectivity index (χ1v) is 12.1. The van der Waals surface area contributed by atoms with E-state index in [1.54, 1.807) is 6.92 Å². The predicted octanol–water partition coefficient (Wildman–Crippen LogP) is 5.79. The van der Waals surface area contributed by atoms with Crippen LogP contribution in [0.15, 0.2) is 15.5 Å². The first kappa shape index (κ1) is 21.6. The second-order valence-corrected chi connectivity index (χ2v) is 9.45. The van der Waals surface area contributed by atoms with Crippen LogP contribution in [-0.4, -0.2) is 28.8 Å². The van der Waals surface area contributed by atoms with E-state index in [-0.39, 0.29) is 12.2 Å². The molecule has 9 heteroatoms. The van der Waals surface area contributed by atoms with Crippen LogP contribution in [0.4, 0.5) is 10.7 Å². The van der Waals surface area contributed by atoms with Gasteiger partial charge in [0.2, 0.25) is 5.75 Å². The first-order valence-electron chi connectivity index (χ1n) is 11.3. The molecule has 0 amide bonds. The van der Waals surface area contributed by atoms with Gasteiger partial charge in [-0.15, -0.1) is 11.3 Å². The predicted molar refractivity (Wildman–Crippen MR) is 125 cm³/mol. The minimum absolute atomic E-state index is 0.257. The number of aliphatic imine (C=N–C) groups is 1. The number of hydrogen-bond donors (Lipinski definition) is 1. The number of furan rings is 1. The largest absolute Gasteiger partial charge is 0.502 e. The summed E-state index contributed by atoms with van der Waals surface area (Å²) in [6.45, 7) is 2.03. The number of nitro benzene ring substituents is 1. The number of phenols is 1. The quantitative estimate of drug-likeness (QED) is 0.219. The summed E-state index contributed by atoms with van der Waals surface area (Å²) in [6, 6.07) is 1.29. The van der Waals surface area contributed by atoms with Crippen molar-refractivity contribution in [2.45, 2.75) is 58.3 Å². The zero-order chi connectivity index (χ0) is 23.1. The third kappa shape index (κ3) is 3.70. The van der Waals surface area contributed by atoms with Crippen molar-refractivity contribution < 1.29 is 24.0 Å². The lowest BCUT2D eigenvalue weighted by atomic mass is 9.93. The highest BCUT2D eigenvalue weighted by atomic mass is 32.1. The zero-order valence-corrected chi connectivity index (χ0v) is 19.1. The van der Waals surface area contributed by atoms with Crippen molar-refractivity contribution in [3.8, 4) is 5.75 Å². The van der Waals surface area contributed by atoms with Crippen LogP contribution in [0.25, 0.3) is 11.0 Å². The number of ether oxygens (including phenoxy) is 1. The number of esters is 1. The molecule has 0 spiro atoms. The van der Waals surface area contributed by atoms with Crippen LogP contribution in [0.5, 0.6) is 5.75 Å². The molecule has 172 valence electrons. The number of carbonyl (C=O) groups is 1. The normalized spacial score (nSPS) is 15.5. The van der Waals surface area contributed by atoms with E-state index in [2.05, 4.69) is 4.99 Å². The summed E-state index contributed by atoms with van der Waals surface area (Å²) in [4.78, 5) is 29.4. The third-order valence-electron chi connectivity index (χ3n) is 6.37. The number of nitrogens with zero attached hydrogens (tertiary/aromatic N) is 2. The number of carbonyl (C=O) groups excluding carboxylic acids is 1. The van der Waals surface area contributed by atoms with E-state index in [0.717, 1.165) is 73.1 Å². The highest BCUT2D eigenvalue weighted by Crippen LogP contribution is 2.43. The number of benzene rings is 1. The van der Waals surface area contributed by atoms with Gasteiger partial charge in [-0.3, -0.25) is 10.1 Å². The van der Waals surface area contributed by atoms with E-state index in [4.69, 9.17) is 9.15 Å². The Morgan fingerprint density at radius 3 is 2.73 bits per heavy atom. The average molecular weight is 469 g/mol. The summed E-state index contributed by atoms with van der Waals surface area (Å²) in [5.74, 6) is -0.0350. The molecule has 0 bridgehead atoms. The lowest BCUT2D eigenvalue weighted by Gasteiger charge is -2.11. The van der Waals surface area contributed by atoms with Gasteiger partial charge in [0.25, 0.3) is 0 Å². The molecule has 0 fully saturated rings. The van der Waals surface area contributed by atoms with E-state index in [0.29, 0.717) is 21.5 Å². The van der Waals surface area contributed by atoms with Crippen LogP contribution in [0, 0.1) is 10.1 Å². The van der Waals surface area contributed by atoms with Gasteiger partial charge >= 0.3 is 11.7 Å². The van der Waals surface area contributed by atoms with Crippen molar-refractivity contribution in [1.82, 2.24) is 0 Å². The molecule has 2 aliphatic carbocycles. The summed E-state index contributed by atoms with van der Waals surface area (Å²) < 4.78 is 11.2. The van der Waals surface area contributed by atoms with Gasteiger partial charge in [0.05, 0.1) is 28.7 Å². The molecule has 0 unspecified atom stereocenters. The van der Waals surface area contributed by atoms with E-state index in [9.17, 15) is 20.0 Å². The second kappa shape index (κ2) is 8.62. The van der Waals surface area contributed by atoms with Gasteiger partial charge in [-0.25, -0.2) is 9.79 Å². The number of phenolic OH excluding ortho intramolecular Hbond substituents is 1. The molecule has 2 aromatic heterocycles. The number of fused-ring (bicyclic) bond motifs is 4. The van der Waals surface area contributed by atoms with Gasteiger partial charge in [0.15, 0.2) is 0 Å². The van der Waals surface area contributed by atoms with Gasteiger partial charge in [-0.1, -0.05) is 0 Å². The topological polar surface area (TPSA) is 115 Å². The number of thiophene rings is 1. The van der Waals surface area contributed by atoms with E-state index in [1.165, 1.54) is 23.6 Å². The van der Waals surface area contributed by atoms with Gasteiger partial charge in [0, 0.05) is 28.5 Å². The summed E-state index contributed by atoms with van der Waals surface area (Å²) in [7, 11) is 0. The second-order valence-electron chi connectivity index (χ2n) is 8.37. The molecule has 3 aromatic rings. The standard InChI is InChI=1S/C24H24N2O6S/c1-2-31-24(28)21-14-8-4-6-10-19(14)33-23(21)25-12-15-20-13-7-3-5-9-17(13)32-18(20)11-16(22(15)27)26(29)30/h11-12,27H,2-10H2,1H3. The molecule has 2 heterocycles. The van der Waals surface area contributed by atoms with Crippen molar-refractivity contribution in [3.05, 3.63) is 49.1 Å². The number of aromatic hydroxyl groups is 1. The van der Waals surface area contributed by atoms with Crippen LogP contribution in [0.2, 0.25) is 0 Å². The van der Waals surface area contributed by atoms with E-state index in [1.807, 2.05) is 0 Å². The zero-order valence-electron chi connectivity index (χ0n) is 18.3. The number of aryl methyl sites for hydroxylation is 3. The smallest absolute Gasteiger partial charge is 0.341 e. The Morgan fingerprint density at radius 1 is 1.24 bits per heavy atom. The van der Waals surface area contributed by atoms with Crippen molar-refractivity contribution in [3.63, 3.8) is 0 Å². The minimum Gasteiger partial charge on any atom is -0.502 e. The van der Waals surface area contributed by atoms with Crippen molar-refractivity contribution in [2.75, 3.05) is 6.61 Å². The Bertz CT molecular complexity index is 1300. The SMILES string of the molecule is CCOC(=O)c1c(N=Cc2c(O)c([N+](=O)[O-])cc3oc4c(c23)CCCC4)sc2c1CCCC2. The average Bonchev–Trinajstić information content (AvgIpc) is 3.36. The van der Waals surface area contributed by atoms with Gasteiger partial charge < -0.3 is 14.3 Å². The summed E-state index contributed by atoms with van der Waals surface area (Å²) in [5, 5.41) is 23.6. The fraction of sp³-hybridized carbons (Fsp3) is 0.417.